The molecule has 0 bridgehead atoms. The molecule has 0 heterocycles. The van der Waals surface area contributed by atoms with Crippen LogP contribution in [0, 0.1) is 0 Å². The number of hydrogen-bond acceptors (Lipinski definition) is 3. The van der Waals surface area contributed by atoms with Crippen LogP contribution in [0.1, 0.15) is 26.3 Å². The molecule has 0 spiro atoms. The monoisotopic (exact) mass is 417 g/mol. The number of ether oxygens (including phenoxy) is 1. The third kappa shape index (κ3) is 6.44. The summed E-state index contributed by atoms with van der Waals surface area (Å²) in [4.78, 5) is 23.5. The number of amides is 1. The van der Waals surface area contributed by atoms with Crippen LogP contribution in [0.25, 0.3) is 22.3 Å². The minimum absolute atomic E-state index is 0.168. The van der Waals surface area contributed by atoms with Crippen molar-refractivity contribution < 1.29 is 19.4 Å². The molecule has 3 aromatic carbocycles. The van der Waals surface area contributed by atoms with E-state index in [9.17, 15) is 14.7 Å². The Labute approximate surface area is 182 Å². The Hall–Kier alpha value is -3.60. The maximum Gasteiger partial charge on any atom is 0.408 e. The maximum absolute atomic E-state index is 11.9. The van der Waals surface area contributed by atoms with Gasteiger partial charge in [-0.3, -0.25) is 0 Å². The molecule has 0 aliphatic carbocycles. The Morgan fingerprint density at radius 2 is 1.26 bits per heavy atom. The van der Waals surface area contributed by atoms with Crippen LogP contribution >= 0.6 is 0 Å². The molecule has 5 heteroatoms. The van der Waals surface area contributed by atoms with Gasteiger partial charge in [0.05, 0.1) is 0 Å². The number of carboxylic acids is 1. The van der Waals surface area contributed by atoms with E-state index in [2.05, 4.69) is 41.7 Å². The SMILES string of the molecule is CC(C)(C)OC(=O)N[C@H](Cc1ccc(-c2ccc(-c3ccccc3)cc2)cc1)C(=O)O. The first-order chi connectivity index (χ1) is 14.7. The van der Waals surface area contributed by atoms with Crippen molar-refractivity contribution >= 4 is 12.1 Å². The highest BCUT2D eigenvalue weighted by Crippen LogP contribution is 2.25. The Balaban J connectivity index is 1.67. The number of alkyl carbamates (subject to hydrolysis) is 1. The molecule has 0 saturated heterocycles. The topological polar surface area (TPSA) is 75.6 Å². The summed E-state index contributed by atoms with van der Waals surface area (Å²) in [5, 5.41) is 11.9. The highest BCUT2D eigenvalue weighted by atomic mass is 16.6. The molecule has 31 heavy (non-hydrogen) atoms. The Bertz CT molecular complexity index is 1020. The van der Waals surface area contributed by atoms with Crippen LogP contribution in [0.15, 0.2) is 78.9 Å². The van der Waals surface area contributed by atoms with Gasteiger partial charge in [-0.2, -0.15) is 0 Å². The minimum atomic E-state index is -1.11. The van der Waals surface area contributed by atoms with E-state index in [0.29, 0.717) is 0 Å². The summed E-state index contributed by atoms with van der Waals surface area (Å²) in [6.45, 7) is 5.19. The van der Waals surface area contributed by atoms with Gasteiger partial charge in [0.2, 0.25) is 0 Å². The lowest BCUT2D eigenvalue weighted by molar-refractivity contribution is -0.139. The molecule has 0 radical (unpaired) electrons. The first-order valence-electron chi connectivity index (χ1n) is 10.2. The fourth-order valence-corrected chi connectivity index (χ4v) is 3.20. The summed E-state index contributed by atoms with van der Waals surface area (Å²) < 4.78 is 5.16. The zero-order valence-electron chi connectivity index (χ0n) is 18.0. The van der Waals surface area contributed by atoms with Crippen molar-refractivity contribution in [2.24, 2.45) is 0 Å². The highest BCUT2D eigenvalue weighted by molar-refractivity contribution is 5.80. The molecule has 0 saturated carbocycles. The van der Waals surface area contributed by atoms with E-state index in [0.717, 1.165) is 22.3 Å². The summed E-state index contributed by atoms with van der Waals surface area (Å²) in [5.74, 6) is -1.11. The van der Waals surface area contributed by atoms with Gasteiger partial charge in [-0.15, -0.1) is 0 Å². The summed E-state index contributed by atoms with van der Waals surface area (Å²) in [7, 11) is 0. The number of hydrogen-bond donors (Lipinski definition) is 2. The van der Waals surface area contributed by atoms with Crippen LogP contribution in [0.4, 0.5) is 4.79 Å². The van der Waals surface area contributed by atoms with E-state index in [1.54, 1.807) is 20.8 Å². The normalized spacial score (nSPS) is 12.1. The number of rotatable bonds is 6. The van der Waals surface area contributed by atoms with Crippen LogP contribution in [0.3, 0.4) is 0 Å². The van der Waals surface area contributed by atoms with E-state index >= 15 is 0 Å². The predicted molar refractivity (Wildman–Crippen MR) is 122 cm³/mol. The number of aliphatic carboxylic acids is 1. The number of carbonyl (C=O) groups is 2. The predicted octanol–water partition coefficient (Wildman–Crippen LogP) is 5.54. The van der Waals surface area contributed by atoms with Crippen LogP contribution in [-0.2, 0) is 16.0 Å². The summed E-state index contributed by atoms with van der Waals surface area (Å²) in [5.41, 5.74) is 4.56. The van der Waals surface area contributed by atoms with Gasteiger partial charge in [0.25, 0.3) is 0 Å². The van der Waals surface area contributed by atoms with Crippen molar-refractivity contribution in [3.8, 4) is 22.3 Å². The molecule has 1 atom stereocenters. The maximum atomic E-state index is 11.9. The Morgan fingerprint density at radius 3 is 1.71 bits per heavy atom. The van der Waals surface area contributed by atoms with E-state index in [4.69, 9.17) is 4.74 Å². The third-order valence-electron chi connectivity index (χ3n) is 4.71. The van der Waals surface area contributed by atoms with Gasteiger partial charge < -0.3 is 15.2 Å². The summed E-state index contributed by atoms with van der Waals surface area (Å²) in [6.07, 6.45) is -0.572. The Morgan fingerprint density at radius 1 is 0.806 bits per heavy atom. The summed E-state index contributed by atoms with van der Waals surface area (Å²) >= 11 is 0. The number of carbonyl (C=O) groups excluding carboxylic acids is 1. The zero-order valence-corrected chi connectivity index (χ0v) is 18.0. The fourth-order valence-electron chi connectivity index (χ4n) is 3.20. The lowest BCUT2D eigenvalue weighted by atomic mass is 9.98. The van der Waals surface area contributed by atoms with E-state index < -0.39 is 23.7 Å². The van der Waals surface area contributed by atoms with Crippen molar-refractivity contribution in [2.45, 2.75) is 38.8 Å². The molecule has 160 valence electrons. The van der Waals surface area contributed by atoms with Gasteiger partial charge in [-0.1, -0.05) is 78.9 Å². The lowest BCUT2D eigenvalue weighted by Crippen LogP contribution is -2.44. The molecule has 0 aliphatic rings. The number of carboxylic acid groups (broad SMARTS) is 1. The van der Waals surface area contributed by atoms with E-state index in [1.807, 2.05) is 42.5 Å². The molecule has 1 amide bonds. The first-order valence-corrected chi connectivity index (χ1v) is 10.2. The molecule has 0 unspecified atom stereocenters. The lowest BCUT2D eigenvalue weighted by Gasteiger charge is -2.22. The van der Waals surface area contributed by atoms with Crippen LogP contribution in [-0.4, -0.2) is 28.8 Å². The second-order valence-corrected chi connectivity index (χ2v) is 8.38. The van der Waals surface area contributed by atoms with Crippen molar-refractivity contribution in [3.63, 3.8) is 0 Å². The second-order valence-electron chi connectivity index (χ2n) is 8.38. The smallest absolute Gasteiger partial charge is 0.408 e. The van der Waals surface area contributed by atoms with Crippen LogP contribution < -0.4 is 5.32 Å². The molecule has 0 fully saturated rings. The molecule has 3 rings (SSSR count). The fraction of sp³-hybridized carbons (Fsp3) is 0.231. The molecule has 3 aromatic rings. The van der Waals surface area contributed by atoms with Gasteiger partial charge in [0.15, 0.2) is 0 Å². The van der Waals surface area contributed by atoms with E-state index in [-0.39, 0.29) is 6.42 Å². The molecule has 5 nitrogen and oxygen atoms in total. The second kappa shape index (κ2) is 9.47. The van der Waals surface area contributed by atoms with Crippen LogP contribution in [0.2, 0.25) is 0 Å². The zero-order chi connectivity index (χ0) is 22.4. The average molecular weight is 418 g/mol. The van der Waals surface area contributed by atoms with Crippen LogP contribution in [0.5, 0.6) is 0 Å². The summed E-state index contributed by atoms with van der Waals surface area (Å²) in [6, 6.07) is 25.1. The van der Waals surface area contributed by atoms with Gasteiger partial charge in [0.1, 0.15) is 11.6 Å². The largest absolute Gasteiger partial charge is 0.480 e. The first kappa shape index (κ1) is 22.1. The van der Waals surface area contributed by atoms with Crippen molar-refractivity contribution in [1.82, 2.24) is 5.32 Å². The van der Waals surface area contributed by atoms with Gasteiger partial charge in [0, 0.05) is 6.42 Å². The molecular formula is C26H27NO4. The van der Waals surface area contributed by atoms with Crippen molar-refractivity contribution in [2.75, 3.05) is 0 Å². The quantitative estimate of drug-likeness (QED) is 0.552. The average Bonchev–Trinajstić information content (AvgIpc) is 2.73. The highest BCUT2D eigenvalue weighted by Gasteiger charge is 2.24. The number of nitrogens with one attached hydrogen (secondary N) is 1. The van der Waals surface area contributed by atoms with E-state index in [1.165, 1.54) is 5.56 Å². The molecular weight excluding hydrogens is 390 g/mol. The standard InChI is InChI=1S/C26H27NO4/c1-26(2,3)31-25(30)27-23(24(28)29)17-18-9-11-20(12-10-18)22-15-13-21(14-16-22)19-7-5-4-6-8-19/h4-16,23H,17H2,1-3H3,(H,27,30)(H,28,29)/t23-/m1/s1. The van der Waals surface area contributed by atoms with Crippen molar-refractivity contribution in [1.29, 1.82) is 0 Å². The third-order valence-corrected chi connectivity index (χ3v) is 4.71. The minimum Gasteiger partial charge on any atom is -0.480 e. The molecule has 0 aliphatic heterocycles. The van der Waals surface area contributed by atoms with Gasteiger partial charge in [-0.05, 0) is 48.6 Å². The van der Waals surface area contributed by atoms with Gasteiger partial charge in [-0.25, -0.2) is 9.59 Å². The van der Waals surface area contributed by atoms with Gasteiger partial charge >= 0.3 is 12.1 Å². The van der Waals surface area contributed by atoms with Crippen molar-refractivity contribution in [3.05, 3.63) is 84.4 Å². The molecule has 0 aromatic heterocycles. The number of benzene rings is 3. The Kier molecular flexibility index (Phi) is 6.75. The molecule has 2 N–H and O–H groups in total.